The molecule has 2 fully saturated rings. The van der Waals surface area contributed by atoms with E-state index in [4.69, 9.17) is 5.73 Å². The molecule has 1 aromatic rings. The molecule has 18 heavy (non-hydrogen) atoms. The quantitative estimate of drug-likeness (QED) is 0.865. The zero-order chi connectivity index (χ0) is 12.7. The molecular weight excluding hydrogens is 220 g/mol. The van der Waals surface area contributed by atoms with Gasteiger partial charge in [-0.3, -0.25) is 0 Å². The summed E-state index contributed by atoms with van der Waals surface area (Å²) < 4.78 is 2.38. The van der Waals surface area contributed by atoms with E-state index >= 15 is 0 Å². The van der Waals surface area contributed by atoms with Crippen molar-refractivity contribution >= 4 is 0 Å². The van der Waals surface area contributed by atoms with E-state index in [-0.39, 0.29) is 6.04 Å². The van der Waals surface area contributed by atoms with Crippen molar-refractivity contribution in [1.82, 2.24) is 4.57 Å². The van der Waals surface area contributed by atoms with Gasteiger partial charge in [0, 0.05) is 25.0 Å². The SMILES string of the molecule is CC(C)C(N)c1ccn(CC2CC3CCC2C3)c1. The molecule has 4 unspecified atom stereocenters. The molecule has 2 aliphatic carbocycles. The summed E-state index contributed by atoms with van der Waals surface area (Å²) in [5.41, 5.74) is 7.51. The maximum absolute atomic E-state index is 6.21. The van der Waals surface area contributed by atoms with E-state index in [1.54, 1.807) is 0 Å². The van der Waals surface area contributed by atoms with Crippen molar-refractivity contribution in [2.24, 2.45) is 29.4 Å². The Morgan fingerprint density at radius 1 is 1.33 bits per heavy atom. The first kappa shape index (κ1) is 12.3. The highest BCUT2D eigenvalue weighted by Gasteiger charge is 2.39. The Bertz CT molecular complexity index is 407. The molecule has 0 radical (unpaired) electrons. The maximum atomic E-state index is 6.21. The summed E-state index contributed by atoms with van der Waals surface area (Å²) in [5, 5.41) is 0. The number of fused-ring (bicyclic) bond motifs is 2. The molecule has 0 spiro atoms. The van der Waals surface area contributed by atoms with Crippen LogP contribution in [0.15, 0.2) is 18.5 Å². The third kappa shape index (κ3) is 2.23. The molecule has 4 atom stereocenters. The van der Waals surface area contributed by atoms with Crippen LogP contribution in [0.4, 0.5) is 0 Å². The van der Waals surface area contributed by atoms with Crippen LogP contribution in [0.3, 0.4) is 0 Å². The molecule has 2 aliphatic rings. The molecule has 0 amide bonds. The standard InChI is InChI=1S/C16H26N2/c1-11(2)16(17)14-5-6-18(9-14)10-15-8-12-3-4-13(15)7-12/h5-6,9,11-13,15-16H,3-4,7-8,10,17H2,1-2H3. The van der Waals surface area contributed by atoms with Gasteiger partial charge in [-0.1, -0.05) is 20.3 Å². The Hall–Kier alpha value is -0.760. The highest BCUT2D eigenvalue weighted by atomic mass is 14.9. The summed E-state index contributed by atoms with van der Waals surface area (Å²) in [6.07, 6.45) is 10.4. The van der Waals surface area contributed by atoms with Gasteiger partial charge in [-0.25, -0.2) is 0 Å². The van der Waals surface area contributed by atoms with Crippen LogP contribution in [-0.4, -0.2) is 4.57 Å². The van der Waals surface area contributed by atoms with Crippen LogP contribution in [0.25, 0.3) is 0 Å². The molecule has 2 bridgehead atoms. The summed E-state index contributed by atoms with van der Waals surface area (Å²) in [6, 6.07) is 2.39. The van der Waals surface area contributed by atoms with Crippen LogP contribution in [0.5, 0.6) is 0 Å². The third-order valence-corrected chi connectivity index (χ3v) is 5.21. The van der Waals surface area contributed by atoms with Crippen LogP contribution >= 0.6 is 0 Å². The third-order valence-electron chi connectivity index (χ3n) is 5.21. The molecular formula is C16H26N2. The number of hydrogen-bond donors (Lipinski definition) is 1. The Balaban J connectivity index is 1.64. The maximum Gasteiger partial charge on any atom is 0.0333 e. The van der Waals surface area contributed by atoms with E-state index in [9.17, 15) is 0 Å². The number of hydrogen-bond acceptors (Lipinski definition) is 1. The molecule has 2 heteroatoms. The minimum absolute atomic E-state index is 0.186. The zero-order valence-electron chi connectivity index (χ0n) is 11.7. The molecule has 0 aromatic carbocycles. The summed E-state index contributed by atoms with van der Waals surface area (Å²) in [5.74, 6) is 3.51. The summed E-state index contributed by atoms with van der Waals surface area (Å²) in [6.45, 7) is 5.60. The molecule has 1 heterocycles. The van der Waals surface area contributed by atoms with Gasteiger partial charge in [0.1, 0.15) is 0 Å². The normalized spacial score (nSPS) is 32.3. The molecule has 0 saturated heterocycles. The van der Waals surface area contributed by atoms with E-state index < -0.39 is 0 Å². The van der Waals surface area contributed by atoms with Gasteiger partial charge in [0.05, 0.1) is 0 Å². The number of rotatable bonds is 4. The van der Waals surface area contributed by atoms with Crippen molar-refractivity contribution < 1.29 is 0 Å². The Labute approximate surface area is 111 Å². The molecule has 3 rings (SSSR count). The van der Waals surface area contributed by atoms with E-state index in [1.807, 2.05) is 0 Å². The second kappa shape index (κ2) is 4.73. The zero-order valence-corrected chi connectivity index (χ0v) is 11.7. The van der Waals surface area contributed by atoms with Gasteiger partial charge in [0.15, 0.2) is 0 Å². The second-order valence-corrected chi connectivity index (χ2v) is 6.85. The average molecular weight is 246 g/mol. The van der Waals surface area contributed by atoms with E-state index in [2.05, 4.69) is 36.9 Å². The first-order valence-electron chi connectivity index (χ1n) is 7.54. The van der Waals surface area contributed by atoms with Crippen molar-refractivity contribution in [2.75, 3.05) is 0 Å². The van der Waals surface area contributed by atoms with Crippen LogP contribution in [0.1, 0.15) is 51.1 Å². The van der Waals surface area contributed by atoms with Crippen LogP contribution < -0.4 is 5.73 Å². The van der Waals surface area contributed by atoms with Crippen molar-refractivity contribution in [1.29, 1.82) is 0 Å². The lowest BCUT2D eigenvalue weighted by Crippen LogP contribution is -2.17. The van der Waals surface area contributed by atoms with Gasteiger partial charge < -0.3 is 10.3 Å². The second-order valence-electron chi connectivity index (χ2n) is 6.85. The molecule has 1 aromatic heterocycles. The number of aromatic nitrogens is 1. The van der Waals surface area contributed by atoms with Crippen molar-refractivity contribution in [2.45, 2.75) is 52.1 Å². The molecule has 2 N–H and O–H groups in total. The summed E-state index contributed by atoms with van der Waals surface area (Å²) in [7, 11) is 0. The number of nitrogens with two attached hydrogens (primary N) is 1. The van der Waals surface area contributed by atoms with Gasteiger partial charge in [-0.2, -0.15) is 0 Å². The number of nitrogens with zero attached hydrogens (tertiary/aromatic N) is 1. The Kier molecular flexibility index (Phi) is 3.23. The van der Waals surface area contributed by atoms with Crippen LogP contribution in [0.2, 0.25) is 0 Å². The van der Waals surface area contributed by atoms with E-state index in [1.165, 1.54) is 37.8 Å². The van der Waals surface area contributed by atoms with Gasteiger partial charge in [-0.15, -0.1) is 0 Å². The molecule has 2 nitrogen and oxygen atoms in total. The fraction of sp³-hybridized carbons (Fsp3) is 0.750. The van der Waals surface area contributed by atoms with Gasteiger partial charge in [-0.05, 0) is 54.6 Å². The van der Waals surface area contributed by atoms with Gasteiger partial charge >= 0.3 is 0 Å². The van der Waals surface area contributed by atoms with Crippen LogP contribution in [0, 0.1) is 23.7 Å². The lowest BCUT2D eigenvalue weighted by atomic mass is 9.89. The predicted molar refractivity (Wildman–Crippen MR) is 75.1 cm³/mol. The highest BCUT2D eigenvalue weighted by Crippen LogP contribution is 2.48. The fourth-order valence-corrected chi connectivity index (χ4v) is 4.03. The topological polar surface area (TPSA) is 30.9 Å². The lowest BCUT2D eigenvalue weighted by molar-refractivity contribution is 0.296. The molecule has 100 valence electrons. The fourth-order valence-electron chi connectivity index (χ4n) is 4.03. The lowest BCUT2D eigenvalue weighted by Gasteiger charge is -2.22. The Morgan fingerprint density at radius 2 is 2.17 bits per heavy atom. The molecule has 0 aliphatic heterocycles. The van der Waals surface area contributed by atoms with Gasteiger partial charge in [0.25, 0.3) is 0 Å². The highest BCUT2D eigenvalue weighted by molar-refractivity contribution is 5.15. The van der Waals surface area contributed by atoms with Crippen molar-refractivity contribution in [3.05, 3.63) is 24.0 Å². The first-order chi connectivity index (χ1) is 8.63. The van der Waals surface area contributed by atoms with Crippen molar-refractivity contribution in [3.8, 4) is 0 Å². The van der Waals surface area contributed by atoms with E-state index in [0.717, 1.165) is 17.8 Å². The minimum Gasteiger partial charge on any atom is -0.354 e. The van der Waals surface area contributed by atoms with E-state index in [0.29, 0.717) is 5.92 Å². The Morgan fingerprint density at radius 3 is 2.78 bits per heavy atom. The average Bonchev–Trinajstić information content (AvgIpc) is 3.03. The first-order valence-corrected chi connectivity index (χ1v) is 7.54. The summed E-state index contributed by atoms with van der Waals surface area (Å²) >= 11 is 0. The molecule has 2 saturated carbocycles. The van der Waals surface area contributed by atoms with Crippen molar-refractivity contribution in [3.63, 3.8) is 0 Å². The largest absolute Gasteiger partial charge is 0.354 e. The minimum atomic E-state index is 0.186. The summed E-state index contributed by atoms with van der Waals surface area (Å²) in [4.78, 5) is 0. The van der Waals surface area contributed by atoms with Gasteiger partial charge in [0.2, 0.25) is 0 Å². The monoisotopic (exact) mass is 246 g/mol. The predicted octanol–water partition coefficient (Wildman–Crippen LogP) is 3.58. The van der Waals surface area contributed by atoms with Crippen LogP contribution in [-0.2, 0) is 6.54 Å². The smallest absolute Gasteiger partial charge is 0.0333 e.